The average Bonchev–Trinajstić information content (AvgIpc) is 2.48. The lowest BCUT2D eigenvalue weighted by molar-refractivity contribution is 0.412. The van der Waals surface area contributed by atoms with Crippen molar-refractivity contribution in [2.45, 2.75) is 4.90 Å². The number of nitrogens with two attached hydrogens (primary N) is 1. The molecule has 0 saturated heterocycles. The first-order valence-electron chi connectivity index (χ1n) is 6.14. The fraction of sp³-hybridized carbons (Fsp3) is 0.133. The van der Waals surface area contributed by atoms with Crippen LogP contribution in [0, 0.1) is 0 Å². The van der Waals surface area contributed by atoms with Crippen LogP contribution in [0.3, 0.4) is 0 Å². The van der Waals surface area contributed by atoms with Gasteiger partial charge >= 0.3 is 0 Å². The van der Waals surface area contributed by atoms with Crippen LogP contribution >= 0.6 is 39.9 Å². The van der Waals surface area contributed by atoms with E-state index >= 15 is 0 Å². The quantitative estimate of drug-likeness (QED) is 0.586. The molecule has 0 saturated carbocycles. The summed E-state index contributed by atoms with van der Waals surface area (Å²) in [6, 6.07) is 11.8. The van der Waals surface area contributed by atoms with Crippen molar-refractivity contribution in [3.05, 3.63) is 46.4 Å². The predicted octanol–water partition coefficient (Wildman–Crippen LogP) is 4.56. The average molecular weight is 383 g/mol. The second-order valence-corrected chi connectivity index (χ2v) is 6.36. The summed E-state index contributed by atoms with van der Waals surface area (Å²) in [6.07, 6.45) is 2.00. The van der Waals surface area contributed by atoms with Gasteiger partial charge in [0.15, 0.2) is 0 Å². The SMILES string of the molecule is COc1cc(Nc2cccc(SC)c2C(N)=S)ccc1Br. The lowest BCUT2D eigenvalue weighted by Crippen LogP contribution is -2.13. The minimum atomic E-state index is 0.381. The number of hydrogen-bond acceptors (Lipinski definition) is 4. The van der Waals surface area contributed by atoms with Crippen LogP contribution < -0.4 is 15.8 Å². The van der Waals surface area contributed by atoms with Crippen LogP contribution in [-0.4, -0.2) is 18.4 Å². The van der Waals surface area contributed by atoms with Crippen molar-refractivity contribution in [1.82, 2.24) is 0 Å². The van der Waals surface area contributed by atoms with E-state index in [1.165, 1.54) is 0 Å². The molecule has 2 aromatic rings. The number of rotatable bonds is 5. The van der Waals surface area contributed by atoms with Gasteiger partial charge in [0.2, 0.25) is 0 Å². The molecule has 6 heteroatoms. The van der Waals surface area contributed by atoms with Gasteiger partial charge in [-0.3, -0.25) is 0 Å². The molecule has 0 fully saturated rings. The van der Waals surface area contributed by atoms with Gasteiger partial charge in [-0.25, -0.2) is 0 Å². The Hall–Kier alpha value is -1.24. The largest absolute Gasteiger partial charge is 0.495 e. The van der Waals surface area contributed by atoms with Crippen LogP contribution in [-0.2, 0) is 0 Å². The Morgan fingerprint density at radius 3 is 2.71 bits per heavy atom. The second kappa shape index (κ2) is 7.15. The third-order valence-electron chi connectivity index (χ3n) is 2.92. The highest BCUT2D eigenvalue weighted by atomic mass is 79.9. The summed E-state index contributed by atoms with van der Waals surface area (Å²) in [7, 11) is 1.64. The fourth-order valence-corrected chi connectivity index (χ4v) is 3.28. The lowest BCUT2D eigenvalue weighted by atomic mass is 10.1. The van der Waals surface area contributed by atoms with E-state index in [1.54, 1.807) is 18.9 Å². The zero-order valence-electron chi connectivity index (χ0n) is 11.6. The van der Waals surface area contributed by atoms with Gasteiger partial charge in [0.1, 0.15) is 10.7 Å². The fourth-order valence-electron chi connectivity index (χ4n) is 1.95. The minimum Gasteiger partial charge on any atom is -0.495 e. The maximum atomic E-state index is 5.87. The van der Waals surface area contributed by atoms with Gasteiger partial charge in [0.25, 0.3) is 0 Å². The number of ether oxygens (including phenoxy) is 1. The lowest BCUT2D eigenvalue weighted by Gasteiger charge is -2.15. The number of thioether (sulfide) groups is 1. The Kier molecular flexibility index (Phi) is 5.50. The third kappa shape index (κ3) is 3.70. The number of methoxy groups -OCH3 is 1. The monoisotopic (exact) mass is 382 g/mol. The number of benzene rings is 2. The van der Waals surface area contributed by atoms with Crippen LogP contribution in [0.2, 0.25) is 0 Å². The van der Waals surface area contributed by atoms with Crippen molar-refractivity contribution < 1.29 is 4.74 Å². The van der Waals surface area contributed by atoms with Crippen molar-refractivity contribution in [3.8, 4) is 5.75 Å². The molecule has 0 aliphatic rings. The Bertz CT molecular complexity index is 677. The van der Waals surface area contributed by atoms with E-state index in [-0.39, 0.29) is 0 Å². The highest BCUT2D eigenvalue weighted by Crippen LogP contribution is 2.32. The summed E-state index contributed by atoms with van der Waals surface area (Å²) >= 11 is 10.2. The van der Waals surface area contributed by atoms with Crippen LogP contribution in [0.25, 0.3) is 0 Å². The third-order valence-corrected chi connectivity index (χ3v) is 4.56. The van der Waals surface area contributed by atoms with Crippen molar-refractivity contribution in [2.75, 3.05) is 18.7 Å². The van der Waals surface area contributed by atoms with Gasteiger partial charge < -0.3 is 15.8 Å². The molecule has 2 rings (SSSR count). The molecule has 0 amide bonds. The minimum absolute atomic E-state index is 0.381. The molecule has 21 heavy (non-hydrogen) atoms. The molecule has 0 unspecified atom stereocenters. The molecule has 3 nitrogen and oxygen atoms in total. The summed E-state index contributed by atoms with van der Waals surface area (Å²) in [6.45, 7) is 0. The molecule has 0 aliphatic carbocycles. The molecule has 0 spiro atoms. The molecule has 3 N–H and O–H groups in total. The van der Waals surface area contributed by atoms with Crippen molar-refractivity contribution >= 4 is 56.3 Å². The first-order chi connectivity index (χ1) is 10.1. The first-order valence-corrected chi connectivity index (χ1v) is 8.56. The Morgan fingerprint density at radius 2 is 2.10 bits per heavy atom. The summed E-state index contributed by atoms with van der Waals surface area (Å²) in [5.74, 6) is 0.762. The molecule has 110 valence electrons. The Morgan fingerprint density at radius 1 is 1.33 bits per heavy atom. The highest BCUT2D eigenvalue weighted by Gasteiger charge is 2.11. The van der Waals surface area contributed by atoms with Gasteiger partial charge in [0.05, 0.1) is 11.6 Å². The van der Waals surface area contributed by atoms with Gasteiger partial charge in [0, 0.05) is 27.9 Å². The Balaban J connectivity index is 2.42. The molecule has 0 heterocycles. The van der Waals surface area contributed by atoms with Crippen LogP contribution in [0.4, 0.5) is 11.4 Å². The zero-order valence-corrected chi connectivity index (χ0v) is 14.9. The maximum absolute atomic E-state index is 5.87. The molecule has 0 atom stereocenters. The molecular formula is C15H15BrN2OS2. The number of thiocarbonyl (C=S) groups is 1. The molecule has 0 aliphatic heterocycles. The van der Waals surface area contributed by atoms with Crippen molar-refractivity contribution in [1.29, 1.82) is 0 Å². The van der Waals surface area contributed by atoms with Gasteiger partial charge in [-0.2, -0.15) is 0 Å². The van der Waals surface area contributed by atoms with E-state index in [2.05, 4.69) is 21.2 Å². The summed E-state index contributed by atoms with van der Waals surface area (Å²) in [4.78, 5) is 1.43. The maximum Gasteiger partial charge on any atom is 0.135 e. The van der Waals surface area contributed by atoms with Gasteiger partial charge in [-0.05, 0) is 46.5 Å². The van der Waals surface area contributed by atoms with E-state index < -0.39 is 0 Å². The standard InChI is InChI=1S/C15H15BrN2OS2/c1-19-12-8-9(6-7-10(12)16)18-11-4-3-5-13(21-2)14(11)15(17)20/h3-8,18H,1-2H3,(H2,17,20). The molecule has 0 radical (unpaired) electrons. The van der Waals surface area contributed by atoms with Gasteiger partial charge in [-0.1, -0.05) is 18.3 Å². The van der Waals surface area contributed by atoms with E-state index in [4.69, 9.17) is 22.7 Å². The molecular weight excluding hydrogens is 368 g/mol. The number of hydrogen-bond donors (Lipinski definition) is 2. The second-order valence-electron chi connectivity index (χ2n) is 4.22. The van der Waals surface area contributed by atoms with E-state index in [1.807, 2.05) is 42.7 Å². The summed E-state index contributed by atoms with van der Waals surface area (Å²) < 4.78 is 6.21. The summed E-state index contributed by atoms with van der Waals surface area (Å²) in [5.41, 5.74) is 8.53. The molecule has 2 aromatic carbocycles. The molecule has 0 bridgehead atoms. The van der Waals surface area contributed by atoms with Crippen molar-refractivity contribution in [3.63, 3.8) is 0 Å². The van der Waals surface area contributed by atoms with Gasteiger partial charge in [-0.15, -0.1) is 11.8 Å². The van der Waals surface area contributed by atoms with E-state index in [0.717, 1.165) is 32.1 Å². The van der Waals surface area contributed by atoms with E-state index in [0.29, 0.717) is 4.99 Å². The zero-order chi connectivity index (χ0) is 15.4. The van der Waals surface area contributed by atoms with Crippen molar-refractivity contribution in [2.24, 2.45) is 5.73 Å². The van der Waals surface area contributed by atoms with E-state index in [9.17, 15) is 0 Å². The highest BCUT2D eigenvalue weighted by molar-refractivity contribution is 9.10. The summed E-state index contributed by atoms with van der Waals surface area (Å²) in [5, 5.41) is 3.35. The Labute approximate surface area is 142 Å². The van der Waals surface area contributed by atoms with Crippen LogP contribution in [0.5, 0.6) is 5.75 Å². The predicted molar refractivity (Wildman–Crippen MR) is 98.1 cm³/mol. The topological polar surface area (TPSA) is 47.3 Å². The number of halogens is 1. The van der Waals surface area contributed by atoms with Crippen LogP contribution in [0.1, 0.15) is 5.56 Å². The normalized spacial score (nSPS) is 10.2. The molecule has 0 aromatic heterocycles. The number of anilines is 2. The van der Waals surface area contributed by atoms with Crippen LogP contribution in [0.15, 0.2) is 45.8 Å². The first kappa shape index (κ1) is 16.1. The smallest absolute Gasteiger partial charge is 0.135 e. The number of nitrogens with one attached hydrogen (secondary N) is 1.